The molecule has 0 atom stereocenters. The first-order valence-electron chi connectivity index (χ1n) is 7.45. The Kier molecular flexibility index (Phi) is 3.44. The molecule has 0 aromatic carbocycles. The van der Waals surface area contributed by atoms with E-state index in [1.165, 1.54) is 11.6 Å². The molecule has 0 spiro atoms. The van der Waals surface area contributed by atoms with Crippen LogP contribution >= 0.6 is 0 Å². The molecule has 1 N–H and O–H groups in total. The molecule has 0 unspecified atom stereocenters. The van der Waals surface area contributed by atoms with Crippen LogP contribution in [-0.4, -0.2) is 31.8 Å². The van der Waals surface area contributed by atoms with Gasteiger partial charge in [0, 0.05) is 19.6 Å². The second-order valence-corrected chi connectivity index (χ2v) is 5.57. The van der Waals surface area contributed by atoms with Crippen molar-refractivity contribution in [2.24, 2.45) is 7.05 Å². The lowest BCUT2D eigenvalue weighted by Gasteiger charge is -2.25. The van der Waals surface area contributed by atoms with Crippen LogP contribution in [0.5, 0.6) is 0 Å². The minimum absolute atomic E-state index is 0.251. The Morgan fingerprint density at radius 1 is 1.29 bits per heavy atom. The van der Waals surface area contributed by atoms with E-state index < -0.39 is 0 Å². The van der Waals surface area contributed by atoms with Gasteiger partial charge in [0.25, 0.3) is 5.56 Å². The number of nitrogens with zero attached hydrogens (tertiary/aromatic N) is 4. The summed E-state index contributed by atoms with van der Waals surface area (Å²) in [4.78, 5) is 29.3. The highest BCUT2D eigenvalue weighted by molar-refractivity contribution is 5.71. The number of nitrogens with one attached hydrogen (secondary N) is 1. The fourth-order valence-corrected chi connectivity index (χ4v) is 3.23. The van der Waals surface area contributed by atoms with Crippen molar-refractivity contribution in [3.05, 3.63) is 26.7 Å². The number of rotatable bonds is 2. The summed E-state index contributed by atoms with van der Waals surface area (Å²) in [7, 11) is 1.53. The van der Waals surface area contributed by atoms with Crippen molar-refractivity contribution in [1.82, 2.24) is 24.0 Å². The predicted octanol–water partition coefficient (Wildman–Crippen LogP) is 0.150. The molecule has 0 radical (unpaired) electrons. The summed E-state index contributed by atoms with van der Waals surface area (Å²) in [6.07, 6.45) is 1.95. The normalized spacial score (nSPS) is 16.7. The Hall–Kier alpha value is -1.89. The van der Waals surface area contributed by atoms with E-state index in [1.54, 1.807) is 4.57 Å². The summed E-state index contributed by atoms with van der Waals surface area (Å²) in [5.41, 5.74) is 0.522. The van der Waals surface area contributed by atoms with Crippen LogP contribution in [0.15, 0.2) is 9.59 Å². The topological polar surface area (TPSA) is 73.8 Å². The molecule has 0 saturated carbocycles. The number of imidazole rings is 1. The van der Waals surface area contributed by atoms with E-state index in [9.17, 15) is 9.59 Å². The van der Waals surface area contributed by atoms with Gasteiger partial charge in [0.15, 0.2) is 11.2 Å². The van der Waals surface area contributed by atoms with Crippen LogP contribution in [-0.2, 0) is 13.6 Å². The predicted molar refractivity (Wildman–Crippen MR) is 80.8 cm³/mol. The molecule has 0 amide bonds. The molecular formula is C14H21N5O2. The lowest BCUT2D eigenvalue weighted by molar-refractivity contribution is 0.369. The zero-order valence-electron chi connectivity index (χ0n) is 12.7. The summed E-state index contributed by atoms with van der Waals surface area (Å²) < 4.78 is 4.79. The lowest BCUT2D eigenvalue weighted by atomic mass is 10.1. The number of hydrogen-bond acceptors (Lipinski definition) is 4. The number of hydrogen-bond donors (Lipinski definition) is 1. The molecule has 7 heteroatoms. The monoisotopic (exact) mass is 291 g/mol. The van der Waals surface area contributed by atoms with Gasteiger partial charge in [-0.1, -0.05) is 0 Å². The summed E-state index contributed by atoms with van der Waals surface area (Å²) in [6, 6.07) is 0.270. The van der Waals surface area contributed by atoms with E-state index in [-0.39, 0.29) is 17.3 Å². The van der Waals surface area contributed by atoms with Crippen molar-refractivity contribution in [3.63, 3.8) is 0 Å². The maximum Gasteiger partial charge on any atom is 0.332 e. The molecule has 1 fully saturated rings. The average Bonchev–Trinajstić information content (AvgIpc) is 2.83. The van der Waals surface area contributed by atoms with Gasteiger partial charge in [-0.3, -0.25) is 13.9 Å². The summed E-state index contributed by atoms with van der Waals surface area (Å²) in [6.45, 7) is 6.19. The minimum atomic E-state index is -0.301. The quantitative estimate of drug-likeness (QED) is 0.855. The molecule has 2 aromatic rings. The van der Waals surface area contributed by atoms with Crippen LogP contribution in [0.4, 0.5) is 0 Å². The Morgan fingerprint density at radius 3 is 2.57 bits per heavy atom. The van der Waals surface area contributed by atoms with Crippen molar-refractivity contribution in [2.45, 2.75) is 39.3 Å². The number of aromatic nitrogens is 4. The summed E-state index contributed by atoms with van der Waals surface area (Å²) >= 11 is 0. The molecule has 7 nitrogen and oxygen atoms in total. The molecule has 1 aliphatic heterocycles. The largest absolute Gasteiger partial charge is 0.332 e. The van der Waals surface area contributed by atoms with E-state index in [2.05, 4.69) is 10.3 Å². The zero-order valence-corrected chi connectivity index (χ0v) is 12.7. The first kappa shape index (κ1) is 14.1. The Morgan fingerprint density at radius 2 is 1.95 bits per heavy atom. The minimum Gasteiger partial charge on any atom is -0.319 e. The van der Waals surface area contributed by atoms with Gasteiger partial charge in [-0.05, 0) is 39.8 Å². The second kappa shape index (κ2) is 5.14. The molecule has 1 saturated heterocycles. The molecule has 3 heterocycles. The van der Waals surface area contributed by atoms with Gasteiger partial charge in [-0.15, -0.1) is 0 Å². The van der Waals surface area contributed by atoms with Crippen molar-refractivity contribution in [3.8, 4) is 0 Å². The van der Waals surface area contributed by atoms with Gasteiger partial charge in [-0.2, -0.15) is 0 Å². The Balaban J connectivity index is 2.36. The maximum atomic E-state index is 12.6. The van der Waals surface area contributed by atoms with Crippen LogP contribution < -0.4 is 16.6 Å². The number of fused-ring (bicyclic) bond motifs is 1. The third-order valence-electron chi connectivity index (χ3n) is 4.34. The maximum absolute atomic E-state index is 12.6. The average molecular weight is 291 g/mol. The molecule has 114 valence electrons. The molecule has 2 aromatic heterocycles. The van der Waals surface area contributed by atoms with Gasteiger partial charge < -0.3 is 9.88 Å². The molecule has 3 rings (SSSR count). The SMILES string of the molecule is CCn1c(=O)n(C)c(=O)c2c1nc(C)n2C1CCNCC1. The highest BCUT2D eigenvalue weighted by Crippen LogP contribution is 2.24. The lowest BCUT2D eigenvalue weighted by Crippen LogP contribution is -2.39. The number of piperidine rings is 1. The fourth-order valence-electron chi connectivity index (χ4n) is 3.23. The van der Waals surface area contributed by atoms with Crippen molar-refractivity contribution in [1.29, 1.82) is 0 Å². The summed E-state index contributed by atoms with van der Waals surface area (Å²) in [5.74, 6) is 0.807. The molecule has 21 heavy (non-hydrogen) atoms. The third-order valence-corrected chi connectivity index (χ3v) is 4.34. The second-order valence-electron chi connectivity index (χ2n) is 5.57. The van der Waals surface area contributed by atoms with E-state index in [1.807, 2.05) is 18.4 Å². The fraction of sp³-hybridized carbons (Fsp3) is 0.643. The van der Waals surface area contributed by atoms with Crippen molar-refractivity contribution in [2.75, 3.05) is 13.1 Å². The van der Waals surface area contributed by atoms with E-state index in [0.29, 0.717) is 17.7 Å². The third kappa shape index (κ3) is 2.03. The Bertz CT molecular complexity index is 792. The van der Waals surface area contributed by atoms with Crippen LogP contribution in [0.1, 0.15) is 31.6 Å². The van der Waals surface area contributed by atoms with Crippen LogP contribution in [0.3, 0.4) is 0 Å². The van der Waals surface area contributed by atoms with Gasteiger partial charge >= 0.3 is 5.69 Å². The smallest absolute Gasteiger partial charge is 0.319 e. The van der Waals surface area contributed by atoms with E-state index in [4.69, 9.17) is 0 Å². The van der Waals surface area contributed by atoms with Crippen LogP contribution in [0, 0.1) is 6.92 Å². The standard InChI is InChI=1S/C14H21N5O2/c1-4-18-12-11(13(20)17(3)14(18)21)19(9(2)16-12)10-5-7-15-8-6-10/h10,15H,4-8H2,1-3H3. The first-order chi connectivity index (χ1) is 10.1. The first-order valence-corrected chi connectivity index (χ1v) is 7.45. The highest BCUT2D eigenvalue weighted by Gasteiger charge is 2.24. The highest BCUT2D eigenvalue weighted by atomic mass is 16.2. The van der Waals surface area contributed by atoms with Crippen molar-refractivity contribution < 1.29 is 0 Å². The van der Waals surface area contributed by atoms with Crippen LogP contribution in [0.25, 0.3) is 11.2 Å². The van der Waals surface area contributed by atoms with Gasteiger partial charge in [0.05, 0.1) is 0 Å². The zero-order chi connectivity index (χ0) is 15.1. The van der Waals surface area contributed by atoms with Gasteiger partial charge in [0.2, 0.25) is 0 Å². The van der Waals surface area contributed by atoms with Crippen LogP contribution in [0.2, 0.25) is 0 Å². The van der Waals surface area contributed by atoms with Gasteiger partial charge in [-0.25, -0.2) is 9.78 Å². The number of aryl methyl sites for hydroxylation is 2. The molecule has 1 aliphatic rings. The van der Waals surface area contributed by atoms with E-state index >= 15 is 0 Å². The summed E-state index contributed by atoms with van der Waals surface area (Å²) in [5, 5.41) is 3.33. The van der Waals surface area contributed by atoms with Gasteiger partial charge in [0.1, 0.15) is 5.82 Å². The molecule has 0 aliphatic carbocycles. The molecule has 0 bridgehead atoms. The van der Waals surface area contributed by atoms with E-state index in [0.717, 1.165) is 31.8 Å². The molecular weight excluding hydrogens is 270 g/mol. The van der Waals surface area contributed by atoms with Crippen molar-refractivity contribution >= 4 is 11.2 Å². The Labute approximate surface area is 122 Å².